The Morgan fingerprint density at radius 3 is 2.86 bits per heavy atom. The smallest absolute Gasteiger partial charge is 0.162 e. The molecule has 0 aliphatic carbocycles. The van der Waals surface area contributed by atoms with Gasteiger partial charge in [-0.05, 0) is 30.3 Å². The highest BCUT2D eigenvalue weighted by Crippen LogP contribution is 2.36. The summed E-state index contributed by atoms with van der Waals surface area (Å²) in [7, 11) is -1.01. The molecule has 178 valence electrons. The second kappa shape index (κ2) is 9.37. The normalized spacial score (nSPS) is 15.1. The van der Waals surface area contributed by atoms with Crippen LogP contribution >= 0.6 is 11.3 Å². The molecule has 5 aromatic rings. The fourth-order valence-electron chi connectivity index (χ4n) is 4.30. The molecule has 0 saturated carbocycles. The van der Waals surface area contributed by atoms with E-state index in [1.165, 1.54) is 0 Å². The van der Waals surface area contributed by atoms with E-state index in [4.69, 9.17) is 14.7 Å². The second-order valence-corrected chi connectivity index (χ2v) is 10.9. The van der Waals surface area contributed by atoms with Gasteiger partial charge in [0.05, 0.1) is 35.1 Å². The van der Waals surface area contributed by atoms with Gasteiger partial charge in [-0.3, -0.25) is 9.31 Å². The van der Waals surface area contributed by atoms with Crippen LogP contribution in [0.25, 0.3) is 32.5 Å². The molecule has 1 fully saturated rings. The summed E-state index contributed by atoms with van der Waals surface area (Å²) in [5, 5.41) is 11.7. The zero-order valence-corrected chi connectivity index (χ0v) is 20.8. The van der Waals surface area contributed by atoms with Crippen LogP contribution in [0.5, 0.6) is 0 Å². The Hall–Kier alpha value is -3.34. The van der Waals surface area contributed by atoms with Crippen LogP contribution in [-0.2, 0) is 22.1 Å². The van der Waals surface area contributed by atoms with Crippen LogP contribution in [0.4, 0.5) is 11.5 Å². The molecule has 1 atom stereocenters. The van der Waals surface area contributed by atoms with Crippen LogP contribution in [0.15, 0.2) is 59.6 Å². The largest absolute Gasteiger partial charge is 0.380 e. The summed E-state index contributed by atoms with van der Waals surface area (Å²) < 4.78 is 18.5. The number of aromatic amines is 1. The number of nitrogens with zero attached hydrogens (tertiary/aromatic N) is 4. The molecule has 0 bridgehead atoms. The molecule has 1 saturated heterocycles. The first-order chi connectivity index (χ1) is 17.2. The van der Waals surface area contributed by atoms with Gasteiger partial charge in [-0.25, -0.2) is 9.97 Å². The first-order valence-corrected chi connectivity index (χ1v) is 13.8. The quantitative estimate of drug-likeness (QED) is 0.353. The second-order valence-electron chi connectivity index (χ2n) is 8.37. The lowest BCUT2D eigenvalue weighted by Crippen LogP contribution is -2.36. The number of thiophene rings is 1. The fourth-order valence-corrected chi connectivity index (χ4v) is 5.91. The minimum Gasteiger partial charge on any atom is -0.380 e. The highest BCUT2D eigenvalue weighted by Gasteiger charge is 2.21. The third-order valence-electron chi connectivity index (χ3n) is 6.07. The number of benzene rings is 2. The molecule has 1 aliphatic heterocycles. The van der Waals surface area contributed by atoms with Gasteiger partial charge in [0.25, 0.3) is 0 Å². The molecule has 0 spiro atoms. The highest BCUT2D eigenvalue weighted by molar-refractivity contribution is 7.84. The van der Waals surface area contributed by atoms with E-state index in [1.54, 1.807) is 17.6 Å². The summed E-state index contributed by atoms with van der Waals surface area (Å²) in [6.45, 7) is 3.62. The minimum absolute atomic E-state index is 0.649. The van der Waals surface area contributed by atoms with Gasteiger partial charge in [-0.15, -0.1) is 11.3 Å². The summed E-state index contributed by atoms with van der Waals surface area (Å²) in [5.41, 5.74) is 3.80. The highest BCUT2D eigenvalue weighted by atomic mass is 32.2. The van der Waals surface area contributed by atoms with E-state index in [2.05, 4.69) is 26.5 Å². The maximum Gasteiger partial charge on any atom is 0.162 e. The van der Waals surface area contributed by atoms with Crippen LogP contribution in [0.1, 0.15) is 4.88 Å². The average Bonchev–Trinajstić information content (AvgIpc) is 3.54. The summed E-state index contributed by atoms with van der Waals surface area (Å²) in [5.74, 6) is 1.65. The molecular weight excluding hydrogens is 480 g/mol. The first kappa shape index (κ1) is 22.1. The van der Waals surface area contributed by atoms with E-state index in [-0.39, 0.29) is 0 Å². The van der Waals surface area contributed by atoms with E-state index >= 15 is 0 Å². The monoisotopic (exact) mass is 504 g/mol. The lowest BCUT2D eigenvalue weighted by molar-refractivity contribution is 0.122. The SMILES string of the molecule is CS(=O)c1cccc(NCc2cc3nc(-c4cccc5[nH]ncc45)nc(N4CCOCC4)c3s2)c1. The van der Waals surface area contributed by atoms with Crippen molar-refractivity contribution < 1.29 is 8.95 Å². The van der Waals surface area contributed by atoms with E-state index in [0.717, 1.165) is 61.1 Å². The molecule has 3 aromatic heterocycles. The maximum absolute atomic E-state index is 11.8. The Balaban J connectivity index is 1.39. The van der Waals surface area contributed by atoms with Crippen molar-refractivity contribution in [2.24, 2.45) is 0 Å². The van der Waals surface area contributed by atoms with Gasteiger partial charge in [-0.1, -0.05) is 18.2 Å². The van der Waals surface area contributed by atoms with E-state index in [9.17, 15) is 4.21 Å². The van der Waals surface area contributed by atoms with Crippen LogP contribution in [0.2, 0.25) is 0 Å². The van der Waals surface area contributed by atoms with Gasteiger partial charge < -0.3 is 15.0 Å². The first-order valence-electron chi connectivity index (χ1n) is 11.4. The fraction of sp³-hybridized carbons (Fsp3) is 0.240. The Kier molecular flexibility index (Phi) is 5.93. The van der Waals surface area contributed by atoms with Crippen LogP contribution < -0.4 is 10.2 Å². The Bertz CT molecular complexity index is 1540. The lowest BCUT2D eigenvalue weighted by atomic mass is 10.1. The van der Waals surface area contributed by atoms with Gasteiger partial charge in [0, 0.05) is 63.1 Å². The van der Waals surface area contributed by atoms with Crippen LogP contribution in [0, 0.1) is 0 Å². The number of rotatable bonds is 6. The van der Waals surface area contributed by atoms with Crippen LogP contribution in [0.3, 0.4) is 0 Å². The summed E-state index contributed by atoms with van der Waals surface area (Å²) in [6.07, 6.45) is 3.52. The Morgan fingerprint density at radius 1 is 1.14 bits per heavy atom. The van der Waals surface area contributed by atoms with Crippen molar-refractivity contribution in [1.82, 2.24) is 20.2 Å². The molecule has 2 N–H and O–H groups in total. The Labute approximate surface area is 208 Å². The molecular formula is C25H24N6O2S2. The van der Waals surface area contributed by atoms with E-state index in [0.29, 0.717) is 25.6 Å². The molecule has 10 heteroatoms. The van der Waals surface area contributed by atoms with Gasteiger partial charge in [0.1, 0.15) is 0 Å². The number of morpholine rings is 1. The zero-order valence-electron chi connectivity index (χ0n) is 19.2. The zero-order chi connectivity index (χ0) is 23.8. The molecule has 6 rings (SSSR count). The maximum atomic E-state index is 11.8. The molecule has 4 heterocycles. The average molecular weight is 505 g/mol. The van der Waals surface area contributed by atoms with Crippen molar-refractivity contribution in [1.29, 1.82) is 0 Å². The molecule has 1 unspecified atom stereocenters. The van der Waals surface area contributed by atoms with Gasteiger partial charge in [0.2, 0.25) is 0 Å². The van der Waals surface area contributed by atoms with Crippen molar-refractivity contribution >= 4 is 54.8 Å². The number of hydrogen-bond donors (Lipinski definition) is 2. The number of hydrogen-bond acceptors (Lipinski definition) is 8. The van der Waals surface area contributed by atoms with Crippen molar-refractivity contribution in [2.45, 2.75) is 11.4 Å². The van der Waals surface area contributed by atoms with E-state index < -0.39 is 10.8 Å². The van der Waals surface area contributed by atoms with Crippen LogP contribution in [-0.4, -0.2) is 56.9 Å². The summed E-state index contributed by atoms with van der Waals surface area (Å²) in [4.78, 5) is 14.3. The van der Waals surface area contributed by atoms with Gasteiger partial charge in [0.15, 0.2) is 11.6 Å². The molecule has 2 aromatic carbocycles. The Morgan fingerprint density at radius 2 is 2.00 bits per heavy atom. The molecule has 1 aliphatic rings. The van der Waals surface area contributed by atoms with E-state index in [1.807, 2.05) is 48.7 Å². The number of aromatic nitrogens is 4. The molecule has 35 heavy (non-hydrogen) atoms. The van der Waals surface area contributed by atoms with Crippen molar-refractivity contribution in [2.75, 3.05) is 42.8 Å². The molecule has 0 amide bonds. The number of nitrogens with one attached hydrogen (secondary N) is 2. The topological polar surface area (TPSA) is 96.0 Å². The lowest BCUT2D eigenvalue weighted by Gasteiger charge is -2.28. The number of fused-ring (bicyclic) bond motifs is 2. The summed E-state index contributed by atoms with van der Waals surface area (Å²) in [6, 6.07) is 15.9. The molecule has 8 nitrogen and oxygen atoms in total. The number of H-pyrrole nitrogens is 1. The standard InChI is InChI=1S/C25H24N6O2S2/c1-35(32)18-5-2-4-16(12-18)26-14-17-13-22-23(34-17)25(31-8-10-33-11-9-31)29-24(28-22)19-6-3-7-21-20(19)15-27-30-21/h2-7,12-13,15,26H,8-11,14H2,1H3,(H,27,30). The van der Waals surface area contributed by atoms with Gasteiger partial charge in [-0.2, -0.15) is 5.10 Å². The number of anilines is 2. The van der Waals surface area contributed by atoms with Crippen molar-refractivity contribution in [3.05, 3.63) is 59.6 Å². The number of ether oxygens (including phenoxy) is 1. The molecule has 0 radical (unpaired) electrons. The third-order valence-corrected chi connectivity index (χ3v) is 8.11. The van der Waals surface area contributed by atoms with Crippen molar-refractivity contribution in [3.63, 3.8) is 0 Å². The van der Waals surface area contributed by atoms with Gasteiger partial charge >= 0.3 is 0 Å². The van der Waals surface area contributed by atoms with Crippen molar-refractivity contribution in [3.8, 4) is 11.4 Å². The third kappa shape index (κ3) is 4.40. The summed E-state index contributed by atoms with van der Waals surface area (Å²) >= 11 is 1.71. The predicted octanol–water partition coefficient (Wildman–Crippen LogP) is 4.42. The predicted molar refractivity (Wildman–Crippen MR) is 142 cm³/mol. The minimum atomic E-state index is -1.01.